The van der Waals surface area contributed by atoms with E-state index in [2.05, 4.69) is 10.3 Å². The van der Waals surface area contributed by atoms with Crippen LogP contribution in [0.5, 0.6) is 11.5 Å². The van der Waals surface area contributed by atoms with Gasteiger partial charge in [0.05, 0.1) is 5.69 Å². The lowest BCUT2D eigenvalue weighted by Crippen LogP contribution is -2.20. The number of rotatable bonds is 10. The summed E-state index contributed by atoms with van der Waals surface area (Å²) in [7, 11) is 0. The van der Waals surface area contributed by atoms with Crippen molar-refractivity contribution in [3.05, 3.63) is 107 Å². The highest BCUT2D eigenvalue weighted by atomic mass is 35.5. The first-order valence-corrected chi connectivity index (χ1v) is 15.4. The number of hydrogen-bond donors (Lipinski definition) is 1. The molecule has 1 unspecified atom stereocenters. The van der Waals surface area contributed by atoms with Crippen LogP contribution < -0.4 is 10.1 Å². The number of thioether (sulfide) groups is 3. The number of nitrogens with zero attached hydrogens (tertiary/aromatic N) is 1. The van der Waals surface area contributed by atoms with E-state index in [1.807, 2.05) is 104 Å². The van der Waals surface area contributed by atoms with E-state index in [4.69, 9.17) is 16.3 Å². The van der Waals surface area contributed by atoms with Gasteiger partial charge in [-0.05, 0) is 73.0 Å². The SMILES string of the molecule is CSc1cc(C)nc(SC)c1NC(=O)C(SCc1ccc(Cl)cc1)c1cccc(Oc2ccccc2)c1. The first kappa shape index (κ1) is 27.5. The highest BCUT2D eigenvalue weighted by Crippen LogP contribution is 2.38. The molecule has 37 heavy (non-hydrogen) atoms. The van der Waals surface area contributed by atoms with Crippen molar-refractivity contribution in [2.24, 2.45) is 0 Å². The molecule has 0 bridgehead atoms. The molecule has 190 valence electrons. The molecule has 1 aromatic heterocycles. The fourth-order valence-corrected chi connectivity index (χ4v) is 6.21. The molecule has 1 atom stereocenters. The van der Waals surface area contributed by atoms with Gasteiger partial charge in [-0.3, -0.25) is 4.79 Å². The summed E-state index contributed by atoms with van der Waals surface area (Å²) in [5, 5.41) is 4.22. The Morgan fingerprint density at radius 3 is 2.38 bits per heavy atom. The minimum Gasteiger partial charge on any atom is -0.457 e. The van der Waals surface area contributed by atoms with E-state index >= 15 is 0 Å². The van der Waals surface area contributed by atoms with Gasteiger partial charge >= 0.3 is 0 Å². The van der Waals surface area contributed by atoms with Crippen molar-refractivity contribution >= 4 is 58.5 Å². The molecule has 0 aliphatic carbocycles. The zero-order valence-electron chi connectivity index (χ0n) is 20.7. The number of benzene rings is 3. The fourth-order valence-electron chi connectivity index (χ4n) is 3.68. The monoisotopic (exact) mass is 566 g/mol. The molecule has 1 heterocycles. The second-order valence-corrected chi connectivity index (χ2v) is 11.3. The van der Waals surface area contributed by atoms with Gasteiger partial charge in [0.2, 0.25) is 5.91 Å². The van der Waals surface area contributed by atoms with E-state index in [1.54, 1.807) is 23.5 Å². The van der Waals surface area contributed by atoms with Crippen LogP contribution in [0.2, 0.25) is 5.02 Å². The highest BCUT2D eigenvalue weighted by molar-refractivity contribution is 8.00. The van der Waals surface area contributed by atoms with Gasteiger partial charge in [-0.25, -0.2) is 4.98 Å². The van der Waals surface area contributed by atoms with Gasteiger partial charge < -0.3 is 10.1 Å². The summed E-state index contributed by atoms with van der Waals surface area (Å²) < 4.78 is 6.06. The summed E-state index contributed by atoms with van der Waals surface area (Å²) >= 11 is 10.8. The van der Waals surface area contributed by atoms with Gasteiger partial charge in [0.25, 0.3) is 0 Å². The van der Waals surface area contributed by atoms with Crippen LogP contribution in [-0.2, 0) is 10.5 Å². The van der Waals surface area contributed by atoms with Crippen LogP contribution in [0.1, 0.15) is 22.1 Å². The summed E-state index contributed by atoms with van der Waals surface area (Å²) in [6, 6.07) is 27.1. The summed E-state index contributed by atoms with van der Waals surface area (Å²) in [6.45, 7) is 1.97. The maximum absolute atomic E-state index is 13.8. The molecule has 0 saturated heterocycles. The molecule has 0 fully saturated rings. The molecule has 0 spiro atoms. The van der Waals surface area contributed by atoms with Crippen molar-refractivity contribution in [1.82, 2.24) is 4.98 Å². The molecular formula is C29H27ClN2O2S3. The maximum atomic E-state index is 13.8. The van der Waals surface area contributed by atoms with Crippen LogP contribution in [0.3, 0.4) is 0 Å². The van der Waals surface area contributed by atoms with Crippen LogP contribution in [0.4, 0.5) is 5.69 Å². The van der Waals surface area contributed by atoms with Gasteiger partial charge in [0.1, 0.15) is 21.8 Å². The third kappa shape index (κ3) is 7.48. The summed E-state index contributed by atoms with van der Waals surface area (Å²) in [6.07, 6.45) is 3.98. The zero-order valence-corrected chi connectivity index (χ0v) is 23.9. The van der Waals surface area contributed by atoms with E-state index in [0.29, 0.717) is 16.5 Å². The predicted octanol–water partition coefficient (Wildman–Crippen LogP) is 8.89. The van der Waals surface area contributed by atoms with Gasteiger partial charge in [-0.1, -0.05) is 54.1 Å². The molecule has 0 aliphatic rings. The average Bonchev–Trinajstić information content (AvgIpc) is 2.91. The van der Waals surface area contributed by atoms with E-state index in [9.17, 15) is 4.79 Å². The summed E-state index contributed by atoms with van der Waals surface area (Å²) in [5.74, 6) is 1.97. The molecule has 3 aromatic carbocycles. The van der Waals surface area contributed by atoms with Crippen molar-refractivity contribution in [1.29, 1.82) is 0 Å². The number of anilines is 1. The van der Waals surface area contributed by atoms with E-state index < -0.39 is 5.25 Å². The molecule has 1 amide bonds. The fraction of sp³-hybridized carbons (Fsp3) is 0.172. The van der Waals surface area contributed by atoms with E-state index in [1.165, 1.54) is 11.8 Å². The van der Waals surface area contributed by atoms with E-state index in [-0.39, 0.29) is 5.91 Å². The molecule has 8 heteroatoms. The van der Waals surface area contributed by atoms with Gasteiger partial charge in [0, 0.05) is 21.4 Å². The molecule has 0 aliphatic heterocycles. The Morgan fingerprint density at radius 1 is 0.946 bits per heavy atom. The van der Waals surface area contributed by atoms with Crippen LogP contribution in [0.15, 0.2) is 94.9 Å². The lowest BCUT2D eigenvalue weighted by molar-refractivity contribution is -0.115. The van der Waals surface area contributed by atoms with Crippen molar-refractivity contribution in [2.45, 2.75) is 27.8 Å². The lowest BCUT2D eigenvalue weighted by Gasteiger charge is -2.20. The predicted molar refractivity (Wildman–Crippen MR) is 160 cm³/mol. The Balaban J connectivity index is 1.64. The minimum absolute atomic E-state index is 0.105. The van der Waals surface area contributed by atoms with Crippen LogP contribution >= 0.6 is 46.9 Å². The number of hydrogen-bond acceptors (Lipinski definition) is 6. The Hall–Kier alpha value is -2.58. The van der Waals surface area contributed by atoms with E-state index in [0.717, 1.165) is 38.2 Å². The number of ether oxygens (including phenoxy) is 1. The largest absolute Gasteiger partial charge is 0.457 e. The lowest BCUT2D eigenvalue weighted by atomic mass is 10.1. The van der Waals surface area contributed by atoms with Crippen molar-refractivity contribution < 1.29 is 9.53 Å². The smallest absolute Gasteiger partial charge is 0.242 e. The maximum Gasteiger partial charge on any atom is 0.242 e. The first-order chi connectivity index (χ1) is 18.0. The zero-order chi connectivity index (χ0) is 26.2. The first-order valence-electron chi connectivity index (χ1n) is 11.6. The van der Waals surface area contributed by atoms with Crippen LogP contribution in [0.25, 0.3) is 0 Å². The summed E-state index contributed by atoms with van der Waals surface area (Å²) in [4.78, 5) is 19.5. The Morgan fingerprint density at radius 2 is 1.68 bits per heavy atom. The molecule has 1 N–H and O–H groups in total. The number of carbonyl (C=O) groups excluding carboxylic acids is 1. The average molecular weight is 567 g/mol. The topological polar surface area (TPSA) is 51.2 Å². The number of para-hydroxylation sites is 1. The van der Waals surface area contributed by atoms with Gasteiger partial charge in [0.15, 0.2) is 0 Å². The van der Waals surface area contributed by atoms with Crippen molar-refractivity contribution in [3.8, 4) is 11.5 Å². The summed E-state index contributed by atoms with van der Waals surface area (Å²) in [5.41, 5.74) is 3.63. The quantitative estimate of drug-likeness (QED) is 0.193. The van der Waals surface area contributed by atoms with Crippen LogP contribution in [-0.4, -0.2) is 23.4 Å². The van der Waals surface area contributed by atoms with Crippen molar-refractivity contribution in [2.75, 3.05) is 17.8 Å². The number of amides is 1. The molecule has 0 radical (unpaired) electrons. The molecule has 4 aromatic rings. The molecule has 4 nitrogen and oxygen atoms in total. The normalized spacial score (nSPS) is 11.7. The second-order valence-electron chi connectivity index (χ2n) is 8.14. The number of halogens is 1. The third-order valence-electron chi connectivity index (χ3n) is 5.45. The molecule has 4 rings (SSSR count). The van der Waals surface area contributed by atoms with Gasteiger partial charge in [-0.15, -0.1) is 35.3 Å². The molecule has 0 saturated carbocycles. The number of carbonyl (C=O) groups is 1. The Kier molecular flexibility index (Phi) is 9.86. The number of nitrogens with one attached hydrogen (secondary N) is 1. The third-order valence-corrected chi connectivity index (χ3v) is 8.46. The van der Waals surface area contributed by atoms with Gasteiger partial charge in [-0.2, -0.15) is 0 Å². The number of aromatic nitrogens is 1. The Bertz CT molecular complexity index is 1330. The Labute approximate surface area is 236 Å². The second kappa shape index (κ2) is 13.3. The van der Waals surface area contributed by atoms with Crippen LogP contribution in [0, 0.1) is 6.92 Å². The number of aryl methyl sites for hydroxylation is 1. The minimum atomic E-state index is -0.472. The standard InChI is InChI=1S/C29H27ClN2O2S3/c1-19-16-25(35-2)26(29(31-19)36-3)32-28(33)27(37-18-20-12-14-22(30)15-13-20)21-8-7-11-24(17-21)34-23-9-5-4-6-10-23/h4-17,27H,18H2,1-3H3,(H,32,33). The highest BCUT2D eigenvalue weighted by Gasteiger charge is 2.24. The van der Waals surface area contributed by atoms with Crippen molar-refractivity contribution in [3.63, 3.8) is 0 Å². The molecular weight excluding hydrogens is 540 g/mol. The number of pyridine rings is 1.